The number of carbonyl (C=O) groups is 1. The number of hydrogen-bond acceptors (Lipinski definition) is 4. The van der Waals surface area contributed by atoms with Crippen LogP contribution in [0.25, 0.3) is 11.3 Å². The molecule has 1 saturated carbocycles. The molecule has 0 saturated heterocycles. The van der Waals surface area contributed by atoms with Gasteiger partial charge in [0.05, 0.1) is 5.02 Å². The minimum absolute atomic E-state index is 0.317. The SMILES string of the molecule is Cc1onc(-c2ccccc2Cl)c1C(=O)Nc1cc(C2CCCC2)[nH]n1. The van der Waals surface area contributed by atoms with Gasteiger partial charge in [0.1, 0.15) is 17.0 Å². The van der Waals surface area contributed by atoms with Crippen LogP contribution in [0.15, 0.2) is 34.9 Å². The molecule has 26 heavy (non-hydrogen) atoms. The van der Waals surface area contributed by atoms with E-state index in [9.17, 15) is 4.79 Å². The first kappa shape index (κ1) is 16.8. The number of carbonyl (C=O) groups excluding carboxylic acids is 1. The van der Waals surface area contributed by atoms with Gasteiger partial charge >= 0.3 is 0 Å². The van der Waals surface area contributed by atoms with Crippen molar-refractivity contribution >= 4 is 23.3 Å². The average Bonchev–Trinajstić information content (AvgIpc) is 3.35. The first-order valence-electron chi connectivity index (χ1n) is 8.71. The molecule has 1 fully saturated rings. The van der Waals surface area contributed by atoms with E-state index in [2.05, 4.69) is 20.7 Å². The molecule has 0 radical (unpaired) electrons. The molecule has 0 bridgehead atoms. The van der Waals surface area contributed by atoms with Crippen LogP contribution in [0.2, 0.25) is 5.02 Å². The monoisotopic (exact) mass is 370 g/mol. The average molecular weight is 371 g/mol. The lowest BCUT2D eigenvalue weighted by molar-refractivity contribution is 0.102. The number of aryl methyl sites for hydroxylation is 1. The maximum atomic E-state index is 12.8. The van der Waals surface area contributed by atoms with Crippen molar-refractivity contribution in [1.29, 1.82) is 0 Å². The molecule has 1 aliphatic rings. The molecule has 2 heterocycles. The zero-order valence-electron chi connectivity index (χ0n) is 14.4. The standard InChI is InChI=1S/C19H19ClN4O2/c1-11-17(18(24-26-11)13-8-4-5-9-14(13)20)19(25)21-16-10-15(22-23-16)12-6-2-3-7-12/h4-5,8-10,12H,2-3,6-7H2,1H3,(H2,21,22,23,25). The molecular formula is C19H19ClN4O2. The highest BCUT2D eigenvalue weighted by Gasteiger charge is 2.24. The van der Waals surface area contributed by atoms with E-state index >= 15 is 0 Å². The smallest absolute Gasteiger partial charge is 0.262 e. The van der Waals surface area contributed by atoms with Crippen molar-refractivity contribution in [3.8, 4) is 11.3 Å². The molecule has 4 rings (SSSR count). The summed E-state index contributed by atoms with van der Waals surface area (Å²) in [5, 5.41) is 14.6. The molecule has 2 aromatic heterocycles. The largest absolute Gasteiger partial charge is 0.360 e. The van der Waals surface area contributed by atoms with Crippen molar-refractivity contribution in [3.63, 3.8) is 0 Å². The fraction of sp³-hybridized carbons (Fsp3) is 0.316. The molecule has 0 spiro atoms. The second-order valence-electron chi connectivity index (χ2n) is 6.59. The van der Waals surface area contributed by atoms with Crippen molar-refractivity contribution in [2.45, 2.75) is 38.5 Å². The first-order chi connectivity index (χ1) is 12.6. The second kappa shape index (κ2) is 6.96. The van der Waals surface area contributed by atoms with Crippen molar-refractivity contribution < 1.29 is 9.32 Å². The minimum Gasteiger partial charge on any atom is -0.360 e. The lowest BCUT2D eigenvalue weighted by Gasteiger charge is -2.05. The van der Waals surface area contributed by atoms with Gasteiger partial charge in [0, 0.05) is 23.2 Å². The summed E-state index contributed by atoms with van der Waals surface area (Å²) in [7, 11) is 0. The van der Waals surface area contributed by atoms with E-state index < -0.39 is 0 Å². The van der Waals surface area contributed by atoms with Gasteiger partial charge in [-0.1, -0.05) is 47.8 Å². The summed E-state index contributed by atoms with van der Waals surface area (Å²) in [6.45, 7) is 1.71. The van der Waals surface area contributed by atoms with Crippen molar-refractivity contribution in [3.05, 3.63) is 52.4 Å². The van der Waals surface area contributed by atoms with Crippen LogP contribution in [0.1, 0.15) is 53.4 Å². The number of amides is 1. The maximum Gasteiger partial charge on any atom is 0.262 e. The minimum atomic E-state index is -0.317. The number of aromatic nitrogens is 3. The van der Waals surface area contributed by atoms with E-state index in [1.807, 2.05) is 24.3 Å². The van der Waals surface area contributed by atoms with Crippen LogP contribution in [0.4, 0.5) is 5.82 Å². The number of aromatic amines is 1. The fourth-order valence-corrected chi connectivity index (χ4v) is 3.73. The van der Waals surface area contributed by atoms with Crippen molar-refractivity contribution in [2.75, 3.05) is 5.32 Å². The highest BCUT2D eigenvalue weighted by Crippen LogP contribution is 2.34. The normalized spacial score (nSPS) is 14.7. The maximum absolute atomic E-state index is 12.8. The lowest BCUT2D eigenvalue weighted by Crippen LogP contribution is -2.13. The molecule has 0 unspecified atom stereocenters. The number of hydrogen-bond donors (Lipinski definition) is 2. The summed E-state index contributed by atoms with van der Waals surface area (Å²) < 4.78 is 5.25. The van der Waals surface area contributed by atoms with Crippen LogP contribution in [0.5, 0.6) is 0 Å². The summed E-state index contributed by atoms with van der Waals surface area (Å²) in [6.07, 6.45) is 4.81. The van der Waals surface area contributed by atoms with E-state index in [1.165, 1.54) is 12.8 Å². The van der Waals surface area contributed by atoms with Crippen LogP contribution >= 0.6 is 11.6 Å². The molecule has 1 amide bonds. The predicted molar refractivity (Wildman–Crippen MR) is 99.4 cm³/mol. The third-order valence-electron chi connectivity index (χ3n) is 4.85. The summed E-state index contributed by atoms with van der Waals surface area (Å²) >= 11 is 6.25. The van der Waals surface area contributed by atoms with Gasteiger partial charge in [0.2, 0.25) is 0 Å². The van der Waals surface area contributed by atoms with E-state index in [0.717, 1.165) is 18.5 Å². The van der Waals surface area contributed by atoms with Gasteiger partial charge in [0.15, 0.2) is 5.82 Å². The van der Waals surface area contributed by atoms with Crippen LogP contribution in [0.3, 0.4) is 0 Å². The summed E-state index contributed by atoms with van der Waals surface area (Å²) in [5.41, 5.74) is 2.52. The van der Waals surface area contributed by atoms with Gasteiger partial charge in [-0.3, -0.25) is 9.89 Å². The van der Waals surface area contributed by atoms with E-state index in [4.69, 9.17) is 16.1 Å². The highest BCUT2D eigenvalue weighted by atomic mass is 35.5. The molecule has 0 aliphatic heterocycles. The van der Waals surface area contributed by atoms with Gasteiger partial charge in [-0.2, -0.15) is 5.10 Å². The fourth-order valence-electron chi connectivity index (χ4n) is 3.50. The number of H-pyrrole nitrogens is 1. The highest BCUT2D eigenvalue weighted by molar-refractivity contribution is 6.33. The molecule has 6 nitrogen and oxygen atoms in total. The number of nitrogens with zero attached hydrogens (tertiary/aromatic N) is 2. The predicted octanol–water partition coefficient (Wildman–Crippen LogP) is 4.94. The van der Waals surface area contributed by atoms with Crippen LogP contribution in [-0.4, -0.2) is 21.3 Å². The molecule has 1 aromatic carbocycles. The Morgan fingerprint density at radius 2 is 2.08 bits per heavy atom. The zero-order valence-corrected chi connectivity index (χ0v) is 15.1. The van der Waals surface area contributed by atoms with E-state index in [1.54, 1.807) is 13.0 Å². The number of halogens is 1. The second-order valence-corrected chi connectivity index (χ2v) is 6.99. The Hall–Kier alpha value is -2.60. The van der Waals surface area contributed by atoms with E-state index in [-0.39, 0.29) is 5.91 Å². The first-order valence-corrected chi connectivity index (χ1v) is 9.09. The van der Waals surface area contributed by atoms with Crippen LogP contribution < -0.4 is 5.32 Å². The van der Waals surface area contributed by atoms with Crippen molar-refractivity contribution in [2.24, 2.45) is 0 Å². The summed E-state index contributed by atoms with van der Waals surface area (Å²) in [5.74, 6) is 1.12. The van der Waals surface area contributed by atoms with Gasteiger partial charge < -0.3 is 9.84 Å². The Balaban J connectivity index is 1.59. The topological polar surface area (TPSA) is 83.8 Å². The molecule has 0 atom stereocenters. The Kier molecular flexibility index (Phi) is 4.51. The van der Waals surface area contributed by atoms with Crippen LogP contribution in [0, 0.1) is 6.92 Å². The number of rotatable bonds is 4. The molecule has 7 heteroatoms. The molecular weight excluding hydrogens is 352 g/mol. The third kappa shape index (κ3) is 3.12. The molecule has 3 aromatic rings. The quantitative estimate of drug-likeness (QED) is 0.681. The number of benzene rings is 1. The van der Waals surface area contributed by atoms with Gasteiger partial charge in [-0.15, -0.1) is 0 Å². The molecule has 134 valence electrons. The van der Waals surface area contributed by atoms with Crippen LogP contribution in [-0.2, 0) is 0 Å². The van der Waals surface area contributed by atoms with Gasteiger partial charge in [-0.25, -0.2) is 0 Å². The summed E-state index contributed by atoms with van der Waals surface area (Å²) in [4.78, 5) is 12.8. The van der Waals surface area contributed by atoms with Gasteiger partial charge in [-0.05, 0) is 25.8 Å². The van der Waals surface area contributed by atoms with E-state index in [0.29, 0.717) is 39.3 Å². The number of anilines is 1. The molecule has 2 N–H and O–H groups in total. The summed E-state index contributed by atoms with van der Waals surface area (Å²) in [6, 6.07) is 9.14. The number of nitrogens with one attached hydrogen (secondary N) is 2. The third-order valence-corrected chi connectivity index (χ3v) is 5.18. The lowest BCUT2D eigenvalue weighted by atomic mass is 10.0. The Bertz CT molecular complexity index is 941. The Morgan fingerprint density at radius 3 is 2.85 bits per heavy atom. The Labute approximate surface area is 155 Å². The van der Waals surface area contributed by atoms with Gasteiger partial charge in [0.25, 0.3) is 5.91 Å². The molecule has 1 aliphatic carbocycles. The Morgan fingerprint density at radius 1 is 1.31 bits per heavy atom. The van der Waals surface area contributed by atoms with Crippen molar-refractivity contribution in [1.82, 2.24) is 15.4 Å². The zero-order chi connectivity index (χ0) is 18.1.